The Hall–Kier alpha value is -2.54. The van der Waals surface area contributed by atoms with E-state index in [1.165, 1.54) is 12.1 Å². The van der Waals surface area contributed by atoms with Crippen LogP contribution in [0.3, 0.4) is 0 Å². The molecule has 0 fully saturated rings. The number of rotatable bonds is 5. The van der Waals surface area contributed by atoms with Crippen LogP contribution in [-0.4, -0.2) is 25.6 Å². The summed E-state index contributed by atoms with van der Waals surface area (Å²) in [4.78, 5) is 10.9. The molecular weight excluding hydrogens is 330 g/mol. The van der Waals surface area contributed by atoms with Gasteiger partial charge in [0.05, 0.1) is 11.3 Å². The zero-order chi connectivity index (χ0) is 17.3. The third-order valence-electron chi connectivity index (χ3n) is 3.71. The lowest BCUT2D eigenvalue weighted by Gasteiger charge is -2.10. The Morgan fingerprint density at radius 1 is 1.29 bits per heavy atom. The van der Waals surface area contributed by atoms with Crippen molar-refractivity contribution in [2.24, 2.45) is 0 Å². The molecule has 0 saturated heterocycles. The van der Waals surface area contributed by atoms with Crippen molar-refractivity contribution in [2.75, 3.05) is 4.72 Å². The van der Waals surface area contributed by atoms with Gasteiger partial charge in [0.1, 0.15) is 11.9 Å². The number of ether oxygens (including phenoxy) is 1. The van der Waals surface area contributed by atoms with Crippen LogP contribution in [0.5, 0.6) is 5.75 Å². The Morgan fingerprint density at radius 3 is 2.83 bits per heavy atom. The van der Waals surface area contributed by atoms with Gasteiger partial charge in [-0.15, -0.1) is 0 Å². The second-order valence-electron chi connectivity index (χ2n) is 5.78. The molecule has 0 amide bonds. The third-order valence-corrected chi connectivity index (χ3v) is 5.09. The summed E-state index contributed by atoms with van der Waals surface area (Å²) in [5.41, 5.74) is 1.72. The predicted molar refractivity (Wildman–Crippen MR) is 88.8 cm³/mol. The Balaban J connectivity index is 1.84. The van der Waals surface area contributed by atoms with Gasteiger partial charge in [-0.25, -0.2) is 8.42 Å². The van der Waals surface area contributed by atoms with E-state index in [2.05, 4.69) is 4.72 Å². The smallest absolute Gasteiger partial charge is 0.307 e. The molecule has 1 aliphatic heterocycles. The van der Waals surface area contributed by atoms with Crippen LogP contribution in [0.25, 0.3) is 0 Å². The van der Waals surface area contributed by atoms with Crippen molar-refractivity contribution in [3.8, 4) is 5.75 Å². The summed E-state index contributed by atoms with van der Waals surface area (Å²) in [6, 6.07) is 11.1. The van der Waals surface area contributed by atoms with E-state index in [4.69, 9.17) is 9.84 Å². The highest BCUT2D eigenvalue weighted by Gasteiger charge is 2.22. The highest BCUT2D eigenvalue weighted by atomic mass is 32.2. The zero-order valence-electron chi connectivity index (χ0n) is 13.0. The van der Waals surface area contributed by atoms with E-state index in [9.17, 15) is 13.2 Å². The molecule has 0 aliphatic carbocycles. The minimum Gasteiger partial charge on any atom is -0.490 e. The second-order valence-corrected chi connectivity index (χ2v) is 7.46. The van der Waals surface area contributed by atoms with Crippen LogP contribution in [-0.2, 0) is 27.7 Å². The van der Waals surface area contributed by atoms with Gasteiger partial charge in [-0.3, -0.25) is 9.52 Å². The number of benzene rings is 2. The number of sulfonamides is 1. The molecule has 6 nitrogen and oxygen atoms in total. The molecule has 24 heavy (non-hydrogen) atoms. The minimum absolute atomic E-state index is 0.0404. The Morgan fingerprint density at radius 2 is 2.08 bits per heavy atom. The van der Waals surface area contributed by atoms with Gasteiger partial charge in [0.25, 0.3) is 10.0 Å². The van der Waals surface area contributed by atoms with E-state index < -0.39 is 16.0 Å². The lowest BCUT2D eigenvalue weighted by atomic mass is 10.1. The molecule has 0 saturated carbocycles. The summed E-state index contributed by atoms with van der Waals surface area (Å²) in [5, 5.41) is 8.83. The minimum atomic E-state index is -3.75. The van der Waals surface area contributed by atoms with Crippen LogP contribution in [0, 0.1) is 0 Å². The topological polar surface area (TPSA) is 92.7 Å². The van der Waals surface area contributed by atoms with Crippen LogP contribution in [0.4, 0.5) is 5.69 Å². The van der Waals surface area contributed by atoms with E-state index in [1.807, 2.05) is 6.92 Å². The first-order chi connectivity index (χ1) is 11.3. The fourth-order valence-corrected chi connectivity index (χ4v) is 3.80. The molecule has 1 heterocycles. The van der Waals surface area contributed by atoms with Gasteiger partial charge in [-0.2, -0.15) is 0 Å². The number of carbonyl (C=O) groups is 1. The highest BCUT2D eigenvalue weighted by molar-refractivity contribution is 7.92. The second kappa shape index (κ2) is 6.16. The molecule has 1 atom stereocenters. The number of carboxylic acid groups (broad SMARTS) is 1. The lowest BCUT2D eigenvalue weighted by Crippen LogP contribution is -2.13. The zero-order valence-corrected chi connectivity index (χ0v) is 13.8. The first kappa shape index (κ1) is 16.3. The monoisotopic (exact) mass is 347 g/mol. The van der Waals surface area contributed by atoms with Crippen molar-refractivity contribution in [1.29, 1.82) is 0 Å². The van der Waals surface area contributed by atoms with Gasteiger partial charge in [0.2, 0.25) is 0 Å². The molecule has 1 unspecified atom stereocenters. The SMILES string of the molecule is CC1Cc2cc(S(=O)(=O)Nc3cccc(CC(=O)O)c3)ccc2O1. The van der Waals surface area contributed by atoms with Crippen LogP contribution in [0.15, 0.2) is 47.4 Å². The van der Waals surface area contributed by atoms with Crippen LogP contribution in [0.1, 0.15) is 18.1 Å². The Labute approximate surface area is 140 Å². The summed E-state index contributed by atoms with van der Waals surface area (Å²) >= 11 is 0. The van der Waals surface area contributed by atoms with Gasteiger partial charge >= 0.3 is 5.97 Å². The number of hydrogen-bond acceptors (Lipinski definition) is 4. The Bertz CT molecular complexity index is 892. The summed E-state index contributed by atoms with van der Waals surface area (Å²) in [5.74, 6) is -0.257. The maximum atomic E-state index is 12.5. The van der Waals surface area contributed by atoms with Gasteiger partial charge < -0.3 is 9.84 Å². The number of hydrogen-bond donors (Lipinski definition) is 2. The first-order valence-corrected chi connectivity index (χ1v) is 8.95. The molecular formula is C17H17NO5S. The fraction of sp³-hybridized carbons (Fsp3) is 0.235. The number of carboxylic acids is 1. The molecule has 2 N–H and O–H groups in total. The normalized spacial score (nSPS) is 16.3. The average Bonchev–Trinajstić information content (AvgIpc) is 2.85. The number of nitrogens with one attached hydrogen (secondary N) is 1. The summed E-state index contributed by atoms with van der Waals surface area (Å²) < 4.78 is 33.2. The van der Waals surface area contributed by atoms with E-state index in [1.54, 1.807) is 30.3 Å². The van der Waals surface area contributed by atoms with Gasteiger partial charge in [0, 0.05) is 12.1 Å². The highest BCUT2D eigenvalue weighted by Crippen LogP contribution is 2.31. The van der Waals surface area contributed by atoms with Gasteiger partial charge in [-0.1, -0.05) is 12.1 Å². The van der Waals surface area contributed by atoms with Crippen molar-refractivity contribution < 1.29 is 23.1 Å². The lowest BCUT2D eigenvalue weighted by molar-refractivity contribution is -0.136. The van der Waals surface area contributed by atoms with Crippen LogP contribution < -0.4 is 9.46 Å². The van der Waals surface area contributed by atoms with Gasteiger partial charge in [0.15, 0.2) is 0 Å². The quantitative estimate of drug-likeness (QED) is 0.866. The van der Waals surface area contributed by atoms with E-state index >= 15 is 0 Å². The molecule has 0 bridgehead atoms. The van der Waals surface area contributed by atoms with Crippen molar-refractivity contribution in [3.63, 3.8) is 0 Å². The molecule has 2 aromatic carbocycles. The molecule has 0 spiro atoms. The van der Waals surface area contributed by atoms with Crippen LogP contribution >= 0.6 is 0 Å². The molecule has 3 rings (SSSR count). The molecule has 7 heteroatoms. The van der Waals surface area contributed by atoms with Crippen LogP contribution in [0.2, 0.25) is 0 Å². The molecule has 0 aromatic heterocycles. The molecule has 2 aromatic rings. The van der Waals surface area contributed by atoms with E-state index in [0.717, 1.165) is 5.56 Å². The molecule has 0 radical (unpaired) electrons. The van der Waals surface area contributed by atoms with Crippen molar-refractivity contribution >= 4 is 21.7 Å². The molecule has 126 valence electrons. The van der Waals surface area contributed by atoms with Crippen molar-refractivity contribution in [2.45, 2.75) is 30.8 Å². The largest absolute Gasteiger partial charge is 0.490 e. The summed E-state index contributed by atoms with van der Waals surface area (Å²) in [6.45, 7) is 1.93. The maximum absolute atomic E-state index is 12.5. The number of fused-ring (bicyclic) bond motifs is 1. The predicted octanol–water partition coefficient (Wildman–Crippen LogP) is 2.44. The Kier molecular flexibility index (Phi) is 4.19. The number of aliphatic carboxylic acids is 1. The molecule has 1 aliphatic rings. The summed E-state index contributed by atoms with van der Waals surface area (Å²) in [6.07, 6.45) is 0.551. The van der Waals surface area contributed by atoms with E-state index in [-0.39, 0.29) is 17.4 Å². The third kappa shape index (κ3) is 3.51. The maximum Gasteiger partial charge on any atom is 0.307 e. The van der Waals surface area contributed by atoms with Crippen molar-refractivity contribution in [1.82, 2.24) is 0 Å². The first-order valence-electron chi connectivity index (χ1n) is 7.46. The van der Waals surface area contributed by atoms with E-state index in [0.29, 0.717) is 23.4 Å². The van der Waals surface area contributed by atoms with Crippen molar-refractivity contribution in [3.05, 3.63) is 53.6 Å². The number of anilines is 1. The van der Waals surface area contributed by atoms with Gasteiger partial charge in [-0.05, 0) is 48.4 Å². The fourth-order valence-electron chi connectivity index (χ4n) is 2.70. The summed E-state index contributed by atoms with van der Waals surface area (Å²) in [7, 11) is -3.75. The standard InChI is InChI=1S/C17H17NO5S/c1-11-7-13-10-15(5-6-16(13)23-11)24(21,22)18-14-4-2-3-12(8-14)9-17(19)20/h2-6,8,10-11,18H,7,9H2,1H3,(H,19,20). The average molecular weight is 347 g/mol.